The molecule has 0 aliphatic heterocycles. The predicted molar refractivity (Wildman–Crippen MR) is 92.7 cm³/mol. The van der Waals surface area contributed by atoms with E-state index in [1.54, 1.807) is 17.0 Å². The Morgan fingerprint density at radius 2 is 1.73 bits per heavy atom. The van der Waals surface area contributed by atoms with E-state index in [2.05, 4.69) is 43.4 Å². The molecule has 1 amide bonds. The smallest absolute Gasteiger partial charge is 0.261 e. The van der Waals surface area contributed by atoms with Crippen LogP contribution in [0.1, 0.15) is 34.6 Å². The Morgan fingerprint density at radius 1 is 1.09 bits per heavy atom. The number of carbonyl (C=O) groups is 1. The van der Waals surface area contributed by atoms with Gasteiger partial charge in [0.1, 0.15) is 6.54 Å². The van der Waals surface area contributed by atoms with Crippen LogP contribution in [0.25, 0.3) is 0 Å². The van der Waals surface area contributed by atoms with Gasteiger partial charge in [0.2, 0.25) is 0 Å². The van der Waals surface area contributed by atoms with Gasteiger partial charge in [0.25, 0.3) is 5.91 Å². The minimum absolute atomic E-state index is 0.0754. The number of amides is 1. The Morgan fingerprint density at radius 3 is 2.27 bits per heavy atom. The first-order valence-corrected chi connectivity index (χ1v) is 8.76. The average molecular weight is 338 g/mol. The van der Waals surface area contributed by atoms with E-state index in [1.165, 1.54) is 16.9 Å². The maximum Gasteiger partial charge on any atom is 0.261 e. The summed E-state index contributed by atoms with van der Waals surface area (Å²) in [5, 5.41) is 2.92. The van der Waals surface area contributed by atoms with Crippen molar-refractivity contribution in [3.8, 4) is 0 Å². The second-order valence-corrected chi connectivity index (χ2v) is 6.95. The van der Waals surface area contributed by atoms with Crippen molar-refractivity contribution in [2.75, 3.05) is 13.1 Å². The highest BCUT2D eigenvalue weighted by Gasteiger charge is 2.08. The lowest BCUT2D eigenvalue weighted by Crippen LogP contribution is -3.10. The molecule has 0 aliphatic rings. The van der Waals surface area contributed by atoms with Crippen LogP contribution in [0.2, 0.25) is 4.34 Å². The van der Waals surface area contributed by atoms with Gasteiger partial charge in [-0.05, 0) is 31.5 Å². The standard InChI is InChI=1S/C17H21ClN2OS/c1-3-20(4-2)12-14-7-5-13(6-8-14)11-19-17(21)15-9-10-16(18)22-15/h5-10H,3-4,11-12H2,1-2H3,(H,19,21)/p+1. The van der Waals surface area contributed by atoms with E-state index < -0.39 is 0 Å². The molecule has 1 heterocycles. The molecule has 0 fully saturated rings. The Labute approximate surface area is 140 Å². The molecule has 1 aromatic carbocycles. The molecule has 0 aliphatic carbocycles. The number of hydrogen-bond donors (Lipinski definition) is 2. The van der Waals surface area contributed by atoms with Gasteiger partial charge in [-0.1, -0.05) is 35.9 Å². The Bertz CT molecular complexity index is 605. The first kappa shape index (κ1) is 17.0. The van der Waals surface area contributed by atoms with Crippen LogP contribution in [0.4, 0.5) is 0 Å². The van der Waals surface area contributed by atoms with E-state index in [0.717, 1.165) is 25.2 Å². The number of benzene rings is 1. The number of quaternary nitrogens is 1. The molecular weight excluding hydrogens is 316 g/mol. The van der Waals surface area contributed by atoms with Gasteiger partial charge in [0, 0.05) is 12.1 Å². The molecule has 22 heavy (non-hydrogen) atoms. The number of rotatable bonds is 7. The van der Waals surface area contributed by atoms with Crippen molar-refractivity contribution in [2.24, 2.45) is 0 Å². The monoisotopic (exact) mass is 337 g/mol. The summed E-state index contributed by atoms with van der Waals surface area (Å²) >= 11 is 7.14. The van der Waals surface area contributed by atoms with Crippen molar-refractivity contribution in [3.63, 3.8) is 0 Å². The molecule has 118 valence electrons. The molecule has 2 aromatic rings. The van der Waals surface area contributed by atoms with Gasteiger partial charge in [-0.3, -0.25) is 4.79 Å². The summed E-state index contributed by atoms with van der Waals surface area (Å²) < 4.78 is 0.633. The van der Waals surface area contributed by atoms with Gasteiger partial charge in [0.15, 0.2) is 0 Å². The van der Waals surface area contributed by atoms with E-state index in [0.29, 0.717) is 15.8 Å². The van der Waals surface area contributed by atoms with Gasteiger partial charge >= 0.3 is 0 Å². The Kier molecular flexibility index (Phi) is 6.43. The van der Waals surface area contributed by atoms with Crippen molar-refractivity contribution in [2.45, 2.75) is 26.9 Å². The van der Waals surface area contributed by atoms with Crippen molar-refractivity contribution in [1.29, 1.82) is 0 Å². The number of carbonyl (C=O) groups excluding carboxylic acids is 1. The molecule has 0 saturated heterocycles. The van der Waals surface area contributed by atoms with E-state index in [1.807, 2.05) is 0 Å². The second-order valence-electron chi connectivity index (χ2n) is 5.24. The third-order valence-electron chi connectivity index (χ3n) is 3.73. The lowest BCUT2D eigenvalue weighted by molar-refractivity contribution is -0.910. The van der Waals surface area contributed by atoms with E-state index in [4.69, 9.17) is 11.6 Å². The first-order chi connectivity index (χ1) is 10.6. The highest BCUT2D eigenvalue weighted by molar-refractivity contribution is 7.17. The van der Waals surface area contributed by atoms with Crippen molar-refractivity contribution in [3.05, 3.63) is 56.7 Å². The minimum atomic E-state index is -0.0754. The second kappa shape index (κ2) is 8.32. The van der Waals surface area contributed by atoms with Gasteiger partial charge in [-0.15, -0.1) is 11.3 Å². The molecule has 0 atom stereocenters. The van der Waals surface area contributed by atoms with Crippen molar-refractivity contribution in [1.82, 2.24) is 5.32 Å². The summed E-state index contributed by atoms with van der Waals surface area (Å²) in [6.45, 7) is 8.27. The Balaban J connectivity index is 1.87. The highest BCUT2D eigenvalue weighted by atomic mass is 35.5. The largest absolute Gasteiger partial charge is 0.347 e. The molecule has 2 N–H and O–H groups in total. The van der Waals surface area contributed by atoms with Crippen LogP contribution in [0, 0.1) is 0 Å². The van der Waals surface area contributed by atoms with Crippen molar-refractivity contribution < 1.29 is 9.69 Å². The molecule has 2 rings (SSSR count). The fourth-order valence-electron chi connectivity index (χ4n) is 2.27. The third-order valence-corrected chi connectivity index (χ3v) is 4.96. The molecule has 5 heteroatoms. The van der Waals surface area contributed by atoms with E-state index in [9.17, 15) is 4.79 Å². The van der Waals surface area contributed by atoms with Gasteiger partial charge in [-0.2, -0.15) is 0 Å². The lowest BCUT2D eigenvalue weighted by Gasteiger charge is -2.15. The SMILES string of the molecule is CC[NH+](CC)Cc1ccc(CNC(=O)c2ccc(Cl)s2)cc1. The van der Waals surface area contributed by atoms with Gasteiger partial charge < -0.3 is 10.2 Å². The maximum absolute atomic E-state index is 12.0. The zero-order valence-electron chi connectivity index (χ0n) is 13.0. The predicted octanol–water partition coefficient (Wildman–Crippen LogP) is 2.76. The Hall–Kier alpha value is -1.36. The quantitative estimate of drug-likeness (QED) is 0.800. The zero-order valence-corrected chi connectivity index (χ0v) is 14.6. The van der Waals surface area contributed by atoms with Gasteiger partial charge in [0.05, 0.1) is 22.3 Å². The van der Waals surface area contributed by atoms with E-state index >= 15 is 0 Å². The maximum atomic E-state index is 12.0. The third kappa shape index (κ3) is 4.83. The topological polar surface area (TPSA) is 33.5 Å². The summed E-state index contributed by atoms with van der Waals surface area (Å²) in [6, 6.07) is 12.0. The average Bonchev–Trinajstić information content (AvgIpc) is 2.98. The molecule has 3 nitrogen and oxygen atoms in total. The van der Waals surface area contributed by atoms with E-state index in [-0.39, 0.29) is 5.91 Å². The summed E-state index contributed by atoms with van der Waals surface area (Å²) in [6.07, 6.45) is 0. The molecule has 0 unspecified atom stereocenters. The van der Waals surface area contributed by atoms with Crippen LogP contribution in [0.15, 0.2) is 36.4 Å². The normalized spacial score (nSPS) is 10.9. The molecule has 1 aromatic heterocycles. The fourth-order valence-corrected chi connectivity index (χ4v) is 3.23. The van der Waals surface area contributed by atoms with Crippen LogP contribution in [-0.2, 0) is 13.1 Å². The number of hydrogen-bond acceptors (Lipinski definition) is 2. The van der Waals surface area contributed by atoms with Crippen molar-refractivity contribution >= 4 is 28.8 Å². The van der Waals surface area contributed by atoms with Crippen LogP contribution in [0.5, 0.6) is 0 Å². The van der Waals surface area contributed by atoms with Crippen LogP contribution >= 0.6 is 22.9 Å². The van der Waals surface area contributed by atoms with Crippen LogP contribution in [-0.4, -0.2) is 19.0 Å². The highest BCUT2D eigenvalue weighted by Crippen LogP contribution is 2.21. The summed E-state index contributed by atoms with van der Waals surface area (Å²) in [5.41, 5.74) is 2.44. The van der Waals surface area contributed by atoms with Crippen LogP contribution in [0.3, 0.4) is 0 Å². The molecule has 0 bridgehead atoms. The summed E-state index contributed by atoms with van der Waals surface area (Å²) in [4.78, 5) is 14.2. The summed E-state index contributed by atoms with van der Waals surface area (Å²) in [7, 11) is 0. The minimum Gasteiger partial charge on any atom is -0.347 e. The molecule has 0 saturated carbocycles. The first-order valence-electron chi connectivity index (χ1n) is 7.57. The molecule has 0 radical (unpaired) electrons. The molecular formula is C17H22ClN2OS+. The molecule has 0 spiro atoms. The summed E-state index contributed by atoms with van der Waals surface area (Å²) in [5.74, 6) is -0.0754. The number of nitrogens with one attached hydrogen (secondary N) is 2. The lowest BCUT2D eigenvalue weighted by atomic mass is 10.1. The van der Waals surface area contributed by atoms with Gasteiger partial charge in [-0.25, -0.2) is 0 Å². The number of thiophene rings is 1. The number of halogens is 1. The zero-order chi connectivity index (χ0) is 15.9. The fraction of sp³-hybridized carbons (Fsp3) is 0.353. The van der Waals surface area contributed by atoms with Crippen LogP contribution < -0.4 is 10.2 Å².